The van der Waals surface area contributed by atoms with Crippen LogP contribution in [0.1, 0.15) is 24.1 Å². The fourth-order valence-corrected chi connectivity index (χ4v) is 6.74. The van der Waals surface area contributed by atoms with Gasteiger partial charge in [-0.05, 0) is 42.7 Å². The maximum absolute atomic E-state index is 13.4. The van der Waals surface area contributed by atoms with Crippen molar-refractivity contribution in [3.63, 3.8) is 0 Å². The highest BCUT2D eigenvalue weighted by molar-refractivity contribution is 7.92. The minimum atomic E-state index is -3.57. The first-order chi connectivity index (χ1) is 15.8. The van der Waals surface area contributed by atoms with Gasteiger partial charge in [0.1, 0.15) is 28.0 Å². The van der Waals surface area contributed by atoms with Crippen LogP contribution in [0.4, 0.5) is 13.9 Å². The van der Waals surface area contributed by atoms with Crippen LogP contribution in [0, 0.1) is 11.6 Å². The van der Waals surface area contributed by atoms with Gasteiger partial charge in [0.25, 0.3) is 0 Å². The molecule has 1 saturated heterocycles. The van der Waals surface area contributed by atoms with Crippen molar-refractivity contribution in [3.8, 4) is 11.5 Å². The maximum Gasteiger partial charge on any atom is 0.185 e. The number of anilines is 1. The number of thiazole rings is 1. The van der Waals surface area contributed by atoms with Crippen molar-refractivity contribution in [2.75, 3.05) is 32.2 Å². The van der Waals surface area contributed by atoms with Gasteiger partial charge < -0.3 is 14.4 Å². The summed E-state index contributed by atoms with van der Waals surface area (Å²) in [6, 6.07) is 8.16. The number of hydrogen-bond donors (Lipinski definition) is 0. The predicted molar refractivity (Wildman–Crippen MR) is 123 cm³/mol. The third-order valence-electron chi connectivity index (χ3n) is 5.68. The molecule has 6 nitrogen and oxygen atoms in total. The SMILES string of the molecule is COc1ccc(S(=O)(=O)C2CCN(c3nc(Cc4cc(F)cc(F)c4)cs3)CC2)c(OC)c1. The maximum atomic E-state index is 13.4. The largest absolute Gasteiger partial charge is 0.497 e. The van der Waals surface area contributed by atoms with E-state index in [-0.39, 0.29) is 10.6 Å². The molecular weight excluding hydrogens is 470 g/mol. The number of aromatic nitrogens is 1. The van der Waals surface area contributed by atoms with Crippen molar-refractivity contribution >= 4 is 26.3 Å². The van der Waals surface area contributed by atoms with Crippen molar-refractivity contribution in [1.29, 1.82) is 0 Å². The highest BCUT2D eigenvalue weighted by Gasteiger charge is 2.34. The average Bonchev–Trinajstić information content (AvgIpc) is 3.26. The number of nitrogens with zero attached hydrogens (tertiary/aromatic N) is 2. The van der Waals surface area contributed by atoms with E-state index in [0.29, 0.717) is 43.7 Å². The standard InChI is InChI=1S/C23H24F2N2O4S2/c1-30-19-3-4-22(21(13-19)31-2)33(28,29)20-5-7-27(8-6-20)23-26-18(14-32-23)11-15-9-16(24)12-17(25)10-15/h3-4,9-10,12-14,20H,5-8,11H2,1-2H3. The zero-order chi connectivity index (χ0) is 23.6. The predicted octanol–water partition coefficient (Wildman–Crippen LogP) is 4.47. The fraction of sp³-hybridized carbons (Fsp3) is 0.348. The number of hydrogen-bond acceptors (Lipinski definition) is 7. The van der Waals surface area contributed by atoms with Crippen molar-refractivity contribution in [2.45, 2.75) is 29.4 Å². The lowest BCUT2D eigenvalue weighted by Crippen LogP contribution is -2.39. The van der Waals surface area contributed by atoms with Crippen molar-refractivity contribution in [3.05, 3.63) is 64.7 Å². The Balaban J connectivity index is 1.43. The summed E-state index contributed by atoms with van der Waals surface area (Å²) in [6.07, 6.45) is 1.25. The van der Waals surface area contributed by atoms with E-state index >= 15 is 0 Å². The van der Waals surface area contributed by atoms with E-state index in [9.17, 15) is 17.2 Å². The number of halogens is 2. The molecule has 0 radical (unpaired) electrons. The zero-order valence-electron chi connectivity index (χ0n) is 18.3. The van der Waals surface area contributed by atoms with E-state index in [1.165, 1.54) is 43.8 Å². The molecule has 0 unspecified atom stereocenters. The summed E-state index contributed by atoms with van der Waals surface area (Å²) in [6.45, 7) is 1.09. The molecule has 0 atom stereocenters. The number of ether oxygens (including phenoxy) is 2. The Morgan fingerprint density at radius 2 is 1.76 bits per heavy atom. The molecule has 10 heteroatoms. The summed E-state index contributed by atoms with van der Waals surface area (Å²) in [5.74, 6) is -0.425. The first-order valence-electron chi connectivity index (χ1n) is 10.4. The van der Waals surface area contributed by atoms with E-state index in [1.54, 1.807) is 12.1 Å². The van der Waals surface area contributed by atoms with Crippen LogP contribution in [0.5, 0.6) is 11.5 Å². The molecule has 0 aliphatic carbocycles. The monoisotopic (exact) mass is 494 g/mol. The van der Waals surface area contributed by atoms with Crippen molar-refractivity contribution in [2.24, 2.45) is 0 Å². The van der Waals surface area contributed by atoms with E-state index < -0.39 is 26.7 Å². The lowest BCUT2D eigenvalue weighted by atomic mass is 10.1. The highest BCUT2D eigenvalue weighted by Crippen LogP contribution is 2.35. The third kappa shape index (κ3) is 5.11. The molecule has 1 aliphatic heterocycles. The number of sulfone groups is 1. The van der Waals surface area contributed by atoms with Crippen molar-refractivity contribution < 1.29 is 26.7 Å². The number of piperidine rings is 1. The van der Waals surface area contributed by atoms with Gasteiger partial charge >= 0.3 is 0 Å². The van der Waals surface area contributed by atoms with Crippen LogP contribution in [0.3, 0.4) is 0 Å². The van der Waals surface area contributed by atoms with Gasteiger partial charge in [0.2, 0.25) is 0 Å². The second-order valence-corrected chi connectivity index (χ2v) is 10.9. The Labute approximate surface area is 195 Å². The number of benzene rings is 2. The first-order valence-corrected chi connectivity index (χ1v) is 12.8. The first kappa shape index (κ1) is 23.4. The van der Waals surface area contributed by atoms with Crippen LogP contribution < -0.4 is 14.4 Å². The Kier molecular flexibility index (Phi) is 6.85. The molecule has 2 aromatic carbocycles. The molecule has 0 saturated carbocycles. The summed E-state index contributed by atoms with van der Waals surface area (Å²) in [7, 11) is -0.622. The molecule has 0 bridgehead atoms. The lowest BCUT2D eigenvalue weighted by molar-refractivity contribution is 0.385. The van der Waals surface area contributed by atoms with E-state index in [2.05, 4.69) is 9.88 Å². The fourth-order valence-electron chi connectivity index (χ4n) is 3.99. The highest BCUT2D eigenvalue weighted by atomic mass is 32.2. The van der Waals surface area contributed by atoms with Gasteiger partial charge in [-0.25, -0.2) is 22.2 Å². The molecular formula is C23H24F2N2O4S2. The second kappa shape index (κ2) is 9.64. The normalized spacial score (nSPS) is 15.0. The van der Waals surface area contributed by atoms with Gasteiger partial charge in [-0.15, -0.1) is 11.3 Å². The van der Waals surface area contributed by atoms with Crippen molar-refractivity contribution in [1.82, 2.24) is 4.98 Å². The summed E-state index contributed by atoms with van der Waals surface area (Å²) in [5.41, 5.74) is 1.24. The van der Waals surface area contributed by atoms with Crippen LogP contribution >= 0.6 is 11.3 Å². The Morgan fingerprint density at radius 3 is 2.39 bits per heavy atom. The smallest absolute Gasteiger partial charge is 0.185 e. The minimum Gasteiger partial charge on any atom is -0.497 e. The number of rotatable bonds is 7. The van der Waals surface area contributed by atoms with Gasteiger partial charge in [0.15, 0.2) is 15.0 Å². The molecule has 0 amide bonds. The van der Waals surface area contributed by atoms with E-state index in [1.807, 2.05) is 5.38 Å². The second-order valence-electron chi connectivity index (χ2n) is 7.82. The summed E-state index contributed by atoms with van der Waals surface area (Å²) < 4.78 is 63.9. The Bertz CT molecular complexity index is 1220. The molecule has 0 N–H and O–H groups in total. The average molecular weight is 495 g/mol. The van der Waals surface area contributed by atoms with Crippen LogP contribution in [0.2, 0.25) is 0 Å². The van der Waals surface area contributed by atoms with Gasteiger partial charge in [-0.1, -0.05) is 0 Å². The molecule has 3 aromatic rings. The van der Waals surface area contributed by atoms with Gasteiger partial charge in [0.05, 0.1) is 25.2 Å². The zero-order valence-corrected chi connectivity index (χ0v) is 19.9. The molecule has 2 heterocycles. The quantitative estimate of drug-likeness (QED) is 0.483. The molecule has 4 rings (SSSR count). The molecule has 0 spiro atoms. The Morgan fingerprint density at radius 1 is 1.06 bits per heavy atom. The Hall–Kier alpha value is -2.72. The van der Waals surface area contributed by atoms with Crippen LogP contribution in [-0.2, 0) is 16.3 Å². The van der Waals surface area contributed by atoms with E-state index in [4.69, 9.17) is 9.47 Å². The summed E-state index contributed by atoms with van der Waals surface area (Å²) >= 11 is 1.44. The van der Waals surface area contributed by atoms with Gasteiger partial charge in [-0.3, -0.25) is 0 Å². The van der Waals surface area contributed by atoms with Crippen LogP contribution in [0.15, 0.2) is 46.7 Å². The molecule has 1 fully saturated rings. The van der Waals surface area contributed by atoms with E-state index in [0.717, 1.165) is 16.9 Å². The summed E-state index contributed by atoms with van der Waals surface area (Å²) in [5, 5.41) is 2.12. The van der Waals surface area contributed by atoms with Crippen LogP contribution in [-0.4, -0.2) is 46.0 Å². The van der Waals surface area contributed by atoms with Crippen LogP contribution in [0.25, 0.3) is 0 Å². The number of methoxy groups -OCH3 is 2. The third-order valence-corrected chi connectivity index (χ3v) is 8.93. The van der Waals surface area contributed by atoms with Gasteiger partial charge in [-0.2, -0.15) is 0 Å². The molecule has 1 aromatic heterocycles. The summed E-state index contributed by atoms with van der Waals surface area (Å²) in [4.78, 5) is 6.82. The van der Waals surface area contributed by atoms with Gasteiger partial charge in [0, 0.05) is 37.0 Å². The topological polar surface area (TPSA) is 68.7 Å². The minimum absolute atomic E-state index is 0.170. The molecule has 33 heavy (non-hydrogen) atoms. The molecule has 1 aliphatic rings. The lowest BCUT2D eigenvalue weighted by Gasteiger charge is -2.31. The molecule has 176 valence electrons.